The Kier molecular flexibility index (Phi) is 2.95. The van der Waals surface area contributed by atoms with Crippen LogP contribution in [0.15, 0.2) is 34.8 Å². The van der Waals surface area contributed by atoms with Gasteiger partial charge >= 0.3 is 6.18 Å². The Balaban J connectivity index is 2.90. The van der Waals surface area contributed by atoms with Gasteiger partial charge in [-0.05, 0) is 32.8 Å². The summed E-state index contributed by atoms with van der Waals surface area (Å²) in [7, 11) is 0. The van der Waals surface area contributed by atoms with Crippen molar-refractivity contribution in [2.24, 2.45) is 0 Å². The number of carbonyl (C=O) groups excluding carboxylic acids is 1. The topological polar surface area (TPSA) is 17.1 Å². The summed E-state index contributed by atoms with van der Waals surface area (Å²) in [5.41, 5.74) is -0.811. The number of hydrogen-bond acceptors (Lipinski definition) is 1. The molecule has 0 aliphatic rings. The molecule has 0 fully saturated rings. The maximum absolute atomic E-state index is 12.7. The molecule has 0 saturated heterocycles. The molecule has 0 bridgehead atoms. The van der Waals surface area contributed by atoms with E-state index in [1.165, 1.54) is 0 Å². The zero-order valence-corrected chi connectivity index (χ0v) is 9.97. The quantitative estimate of drug-likeness (QED) is 0.712. The van der Waals surface area contributed by atoms with E-state index in [1.807, 2.05) is 0 Å². The third-order valence-electron chi connectivity index (χ3n) is 2.45. The third-order valence-corrected chi connectivity index (χ3v) is 3.30. The lowest BCUT2D eigenvalue weighted by atomic mass is 10.0. The Labute approximate surface area is 103 Å². The van der Waals surface area contributed by atoms with Gasteiger partial charge in [0.1, 0.15) is 0 Å². The third kappa shape index (κ3) is 2.07. The van der Waals surface area contributed by atoms with Crippen molar-refractivity contribution in [1.82, 2.24) is 0 Å². The molecule has 2 rings (SSSR count). The maximum atomic E-state index is 12.7. The number of carbonyl (C=O) groups is 1. The van der Waals surface area contributed by atoms with Gasteiger partial charge in [0, 0.05) is 10.0 Å². The Bertz CT molecular complexity index is 590. The first-order valence-corrected chi connectivity index (χ1v) is 5.48. The molecule has 0 heterocycles. The van der Waals surface area contributed by atoms with E-state index in [-0.39, 0.29) is 10.0 Å². The lowest BCUT2D eigenvalue weighted by Crippen LogP contribution is -2.07. The molecular weight excluding hydrogens is 297 g/mol. The minimum Gasteiger partial charge on any atom is -0.298 e. The Morgan fingerprint density at radius 1 is 1.18 bits per heavy atom. The summed E-state index contributed by atoms with van der Waals surface area (Å²) in [6.45, 7) is 0. The van der Waals surface area contributed by atoms with Crippen molar-refractivity contribution >= 4 is 33.0 Å². The molecule has 0 saturated carbocycles. The van der Waals surface area contributed by atoms with Gasteiger partial charge in [-0.1, -0.05) is 24.3 Å². The SMILES string of the molecule is O=Cc1c(Br)c(C(F)(F)F)cc2ccccc12. The average Bonchev–Trinajstić information content (AvgIpc) is 2.27. The van der Waals surface area contributed by atoms with Crippen molar-refractivity contribution < 1.29 is 18.0 Å². The van der Waals surface area contributed by atoms with Crippen LogP contribution in [0, 0.1) is 0 Å². The standard InChI is InChI=1S/C12H6BrF3O/c13-11-9(6-17)8-4-2-1-3-7(8)5-10(11)12(14,15)16/h1-6H. The minimum absolute atomic E-state index is 0.0235. The molecule has 0 N–H and O–H groups in total. The van der Waals surface area contributed by atoms with Crippen molar-refractivity contribution in [2.75, 3.05) is 0 Å². The molecule has 0 aliphatic heterocycles. The van der Waals surface area contributed by atoms with Gasteiger partial charge in [-0.2, -0.15) is 13.2 Å². The predicted octanol–water partition coefficient (Wildman–Crippen LogP) is 4.43. The van der Waals surface area contributed by atoms with Crippen molar-refractivity contribution in [3.05, 3.63) is 45.9 Å². The van der Waals surface area contributed by atoms with Gasteiger partial charge in [-0.25, -0.2) is 0 Å². The zero-order valence-electron chi connectivity index (χ0n) is 8.38. The highest BCUT2D eigenvalue weighted by atomic mass is 79.9. The molecule has 88 valence electrons. The van der Waals surface area contributed by atoms with Crippen LogP contribution >= 0.6 is 15.9 Å². The summed E-state index contributed by atoms with van der Waals surface area (Å²) in [5.74, 6) is 0. The van der Waals surface area contributed by atoms with Crippen LogP contribution in [-0.4, -0.2) is 6.29 Å². The second-order valence-corrected chi connectivity index (χ2v) is 4.28. The van der Waals surface area contributed by atoms with Crippen LogP contribution in [-0.2, 0) is 6.18 Å². The van der Waals surface area contributed by atoms with Crippen molar-refractivity contribution in [3.8, 4) is 0 Å². The van der Waals surface area contributed by atoms with E-state index in [0.717, 1.165) is 6.07 Å². The van der Waals surface area contributed by atoms with E-state index in [1.54, 1.807) is 24.3 Å². The molecule has 17 heavy (non-hydrogen) atoms. The fraction of sp³-hybridized carbons (Fsp3) is 0.0833. The molecule has 0 atom stereocenters. The molecule has 0 amide bonds. The first-order chi connectivity index (χ1) is 7.95. The molecule has 2 aromatic carbocycles. The minimum atomic E-state index is -4.49. The highest BCUT2D eigenvalue weighted by Crippen LogP contribution is 2.39. The normalized spacial score (nSPS) is 11.8. The van der Waals surface area contributed by atoms with Gasteiger partial charge in [-0.15, -0.1) is 0 Å². The van der Waals surface area contributed by atoms with E-state index >= 15 is 0 Å². The van der Waals surface area contributed by atoms with E-state index in [4.69, 9.17) is 0 Å². The first kappa shape index (κ1) is 12.1. The second-order valence-electron chi connectivity index (χ2n) is 3.49. The van der Waals surface area contributed by atoms with Gasteiger partial charge in [0.05, 0.1) is 5.56 Å². The number of hydrogen-bond donors (Lipinski definition) is 0. The summed E-state index contributed by atoms with van der Waals surface area (Å²) >= 11 is 2.85. The maximum Gasteiger partial charge on any atom is 0.417 e. The zero-order chi connectivity index (χ0) is 12.6. The van der Waals surface area contributed by atoms with Crippen LogP contribution in [0.3, 0.4) is 0 Å². The average molecular weight is 303 g/mol. The number of aldehydes is 1. The van der Waals surface area contributed by atoms with Gasteiger partial charge < -0.3 is 0 Å². The monoisotopic (exact) mass is 302 g/mol. The lowest BCUT2D eigenvalue weighted by Gasteiger charge is -2.13. The Morgan fingerprint density at radius 2 is 1.82 bits per heavy atom. The van der Waals surface area contributed by atoms with Crippen LogP contribution in [0.4, 0.5) is 13.2 Å². The van der Waals surface area contributed by atoms with Gasteiger partial charge in [-0.3, -0.25) is 4.79 Å². The molecule has 0 spiro atoms. The van der Waals surface area contributed by atoms with E-state index in [2.05, 4.69) is 15.9 Å². The largest absolute Gasteiger partial charge is 0.417 e. The molecule has 0 unspecified atom stereocenters. The summed E-state index contributed by atoms with van der Waals surface area (Å²) < 4.78 is 38.0. The lowest BCUT2D eigenvalue weighted by molar-refractivity contribution is -0.138. The highest BCUT2D eigenvalue weighted by Gasteiger charge is 2.34. The van der Waals surface area contributed by atoms with E-state index < -0.39 is 11.7 Å². The van der Waals surface area contributed by atoms with E-state index in [0.29, 0.717) is 17.1 Å². The molecule has 0 aromatic heterocycles. The summed E-state index contributed by atoms with van der Waals surface area (Å²) in [5, 5.41) is 0.896. The molecule has 5 heteroatoms. The fourth-order valence-electron chi connectivity index (χ4n) is 1.67. The van der Waals surface area contributed by atoms with Crippen LogP contribution in [0.5, 0.6) is 0 Å². The van der Waals surface area contributed by atoms with Crippen LogP contribution in [0.2, 0.25) is 0 Å². The Morgan fingerprint density at radius 3 is 2.41 bits per heavy atom. The first-order valence-electron chi connectivity index (χ1n) is 4.69. The molecular formula is C12H6BrF3O. The second kappa shape index (κ2) is 4.14. The molecule has 2 aromatic rings. The molecule has 1 nitrogen and oxygen atoms in total. The number of rotatable bonds is 1. The van der Waals surface area contributed by atoms with Crippen LogP contribution in [0.1, 0.15) is 15.9 Å². The fourth-order valence-corrected chi connectivity index (χ4v) is 2.32. The predicted molar refractivity (Wildman–Crippen MR) is 62.0 cm³/mol. The molecule has 0 radical (unpaired) electrons. The van der Waals surface area contributed by atoms with Gasteiger partial charge in [0.25, 0.3) is 0 Å². The highest BCUT2D eigenvalue weighted by molar-refractivity contribution is 9.10. The molecule has 0 aliphatic carbocycles. The van der Waals surface area contributed by atoms with Crippen LogP contribution < -0.4 is 0 Å². The van der Waals surface area contributed by atoms with Gasteiger partial charge in [0.2, 0.25) is 0 Å². The van der Waals surface area contributed by atoms with Crippen molar-refractivity contribution in [1.29, 1.82) is 0 Å². The van der Waals surface area contributed by atoms with E-state index in [9.17, 15) is 18.0 Å². The Hall–Kier alpha value is -1.36. The number of alkyl halides is 3. The number of halogens is 4. The van der Waals surface area contributed by atoms with Crippen molar-refractivity contribution in [3.63, 3.8) is 0 Å². The summed E-state index contributed by atoms with van der Waals surface area (Å²) in [6.07, 6.45) is -4.05. The number of benzene rings is 2. The van der Waals surface area contributed by atoms with Crippen LogP contribution in [0.25, 0.3) is 10.8 Å². The van der Waals surface area contributed by atoms with Crippen molar-refractivity contribution in [2.45, 2.75) is 6.18 Å². The summed E-state index contributed by atoms with van der Waals surface area (Å²) in [4.78, 5) is 10.9. The number of fused-ring (bicyclic) bond motifs is 1. The summed E-state index contributed by atoms with van der Waals surface area (Å²) in [6, 6.07) is 7.50. The smallest absolute Gasteiger partial charge is 0.298 e. The van der Waals surface area contributed by atoms with Gasteiger partial charge in [0.15, 0.2) is 6.29 Å².